The molecule has 0 bridgehead atoms. The zero-order valence-corrected chi connectivity index (χ0v) is 20.3. The summed E-state index contributed by atoms with van der Waals surface area (Å²) in [5, 5.41) is 3.17. The van der Waals surface area contributed by atoms with Crippen LogP contribution in [0.5, 0.6) is 0 Å². The molecular formula is C27H26FNO5S. The maximum Gasteiger partial charge on any atom is 0.342 e. The second-order valence-electron chi connectivity index (χ2n) is 8.44. The van der Waals surface area contributed by atoms with Crippen LogP contribution in [0.4, 0.5) is 9.39 Å². The molecule has 0 saturated heterocycles. The van der Waals surface area contributed by atoms with Gasteiger partial charge >= 0.3 is 11.9 Å². The van der Waals surface area contributed by atoms with Crippen LogP contribution in [-0.4, -0.2) is 24.5 Å². The molecule has 6 nitrogen and oxygen atoms in total. The molecule has 1 heterocycles. The quantitative estimate of drug-likeness (QED) is 0.424. The van der Waals surface area contributed by atoms with Crippen LogP contribution in [0.2, 0.25) is 0 Å². The summed E-state index contributed by atoms with van der Waals surface area (Å²) in [6, 6.07) is 13.9. The zero-order chi connectivity index (χ0) is 24.9. The van der Waals surface area contributed by atoms with Gasteiger partial charge in [-0.05, 0) is 49.8 Å². The van der Waals surface area contributed by atoms with Crippen molar-refractivity contribution in [2.45, 2.75) is 39.2 Å². The molecule has 0 fully saturated rings. The first kappa shape index (κ1) is 24.6. The largest absolute Gasteiger partial charge is 0.462 e. The van der Waals surface area contributed by atoms with Gasteiger partial charge in [0.1, 0.15) is 10.8 Å². The Labute approximate surface area is 207 Å². The summed E-state index contributed by atoms with van der Waals surface area (Å²) in [6.45, 7) is 4.09. The van der Waals surface area contributed by atoms with E-state index in [1.807, 2.05) is 0 Å². The normalized spacial score (nSPS) is 15.6. The van der Waals surface area contributed by atoms with E-state index in [0.29, 0.717) is 22.0 Å². The Balaban J connectivity index is 1.66. The second-order valence-corrected chi connectivity index (χ2v) is 9.55. The SMILES string of the molecule is CCOC(=O)c1c(NC(=O)C(OC(=O)c2ccccc2F)c2ccccc2)sc2c1CCC(C)C2. The fraction of sp³-hybridized carbons (Fsp3) is 0.296. The number of rotatable bonds is 7. The van der Waals surface area contributed by atoms with E-state index in [9.17, 15) is 18.8 Å². The topological polar surface area (TPSA) is 81.7 Å². The van der Waals surface area contributed by atoms with E-state index in [4.69, 9.17) is 9.47 Å². The van der Waals surface area contributed by atoms with E-state index in [1.165, 1.54) is 29.5 Å². The number of carbonyl (C=O) groups is 3. The van der Waals surface area contributed by atoms with Crippen molar-refractivity contribution in [2.24, 2.45) is 5.92 Å². The minimum absolute atomic E-state index is 0.208. The lowest BCUT2D eigenvalue weighted by Crippen LogP contribution is -2.26. The summed E-state index contributed by atoms with van der Waals surface area (Å²) < 4.78 is 24.9. The molecule has 35 heavy (non-hydrogen) atoms. The van der Waals surface area contributed by atoms with Gasteiger partial charge in [-0.1, -0.05) is 49.4 Å². The van der Waals surface area contributed by atoms with Crippen molar-refractivity contribution in [3.63, 3.8) is 0 Å². The third-order valence-corrected chi connectivity index (χ3v) is 7.06. The molecule has 4 rings (SSSR count). The second kappa shape index (κ2) is 10.8. The monoisotopic (exact) mass is 495 g/mol. The highest BCUT2D eigenvalue weighted by Gasteiger charge is 2.32. The molecule has 1 aromatic heterocycles. The Morgan fingerprint density at radius 3 is 2.51 bits per heavy atom. The van der Waals surface area contributed by atoms with Crippen molar-refractivity contribution in [3.05, 3.63) is 87.5 Å². The number of halogens is 1. The van der Waals surface area contributed by atoms with Crippen LogP contribution < -0.4 is 5.32 Å². The van der Waals surface area contributed by atoms with Gasteiger partial charge in [0.05, 0.1) is 17.7 Å². The molecular weight excluding hydrogens is 469 g/mol. The summed E-state index contributed by atoms with van der Waals surface area (Å²) in [6.07, 6.45) is 1.13. The summed E-state index contributed by atoms with van der Waals surface area (Å²) in [5.41, 5.74) is 1.41. The number of fused-ring (bicyclic) bond motifs is 1. The first-order chi connectivity index (χ1) is 16.9. The number of esters is 2. The highest BCUT2D eigenvalue weighted by molar-refractivity contribution is 7.17. The van der Waals surface area contributed by atoms with E-state index in [2.05, 4.69) is 12.2 Å². The Morgan fingerprint density at radius 1 is 1.09 bits per heavy atom. The van der Waals surface area contributed by atoms with Crippen molar-refractivity contribution in [1.29, 1.82) is 0 Å². The van der Waals surface area contributed by atoms with Gasteiger partial charge in [-0.15, -0.1) is 11.3 Å². The van der Waals surface area contributed by atoms with Crippen LogP contribution in [0.25, 0.3) is 0 Å². The van der Waals surface area contributed by atoms with Gasteiger partial charge in [0, 0.05) is 10.4 Å². The molecule has 0 radical (unpaired) electrons. The smallest absolute Gasteiger partial charge is 0.342 e. The van der Waals surface area contributed by atoms with Gasteiger partial charge in [0.25, 0.3) is 5.91 Å². The lowest BCUT2D eigenvalue weighted by atomic mass is 9.88. The van der Waals surface area contributed by atoms with Crippen molar-refractivity contribution in [2.75, 3.05) is 11.9 Å². The van der Waals surface area contributed by atoms with Gasteiger partial charge in [-0.25, -0.2) is 14.0 Å². The molecule has 0 aliphatic heterocycles. The molecule has 1 aliphatic carbocycles. The van der Waals surface area contributed by atoms with Gasteiger partial charge < -0.3 is 14.8 Å². The Morgan fingerprint density at radius 2 is 1.80 bits per heavy atom. The lowest BCUT2D eigenvalue weighted by molar-refractivity contribution is -0.125. The molecule has 2 atom stereocenters. The first-order valence-corrected chi connectivity index (χ1v) is 12.3. The Bertz CT molecular complexity index is 1240. The molecule has 1 aliphatic rings. The van der Waals surface area contributed by atoms with Crippen LogP contribution in [0.1, 0.15) is 63.1 Å². The molecule has 0 spiro atoms. The van der Waals surface area contributed by atoms with E-state index < -0.39 is 29.8 Å². The van der Waals surface area contributed by atoms with Crippen LogP contribution in [0.3, 0.4) is 0 Å². The van der Waals surface area contributed by atoms with Crippen molar-refractivity contribution < 1.29 is 28.2 Å². The average Bonchev–Trinajstić information content (AvgIpc) is 3.20. The first-order valence-electron chi connectivity index (χ1n) is 11.5. The summed E-state index contributed by atoms with van der Waals surface area (Å²) in [5.74, 6) is -2.36. The predicted octanol–water partition coefficient (Wildman–Crippen LogP) is 5.73. The molecule has 2 aromatic carbocycles. The average molecular weight is 496 g/mol. The van der Waals surface area contributed by atoms with E-state index in [0.717, 1.165) is 35.8 Å². The van der Waals surface area contributed by atoms with Gasteiger partial charge in [0.2, 0.25) is 6.10 Å². The maximum atomic E-state index is 14.2. The summed E-state index contributed by atoms with van der Waals surface area (Å²) in [7, 11) is 0. The zero-order valence-electron chi connectivity index (χ0n) is 19.5. The third-order valence-electron chi connectivity index (χ3n) is 5.89. The van der Waals surface area contributed by atoms with Gasteiger partial charge in [-0.2, -0.15) is 0 Å². The number of anilines is 1. The number of nitrogens with one attached hydrogen (secondary N) is 1. The molecule has 0 saturated carbocycles. The predicted molar refractivity (Wildman–Crippen MR) is 131 cm³/mol. The molecule has 8 heteroatoms. The highest BCUT2D eigenvalue weighted by Crippen LogP contribution is 2.40. The van der Waals surface area contributed by atoms with Crippen LogP contribution in [0.15, 0.2) is 54.6 Å². The Hall–Kier alpha value is -3.52. The number of benzene rings is 2. The van der Waals surface area contributed by atoms with E-state index >= 15 is 0 Å². The molecule has 1 N–H and O–H groups in total. The lowest BCUT2D eigenvalue weighted by Gasteiger charge is -2.19. The number of thiophene rings is 1. The number of hydrogen-bond acceptors (Lipinski definition) is 6. The van der Waals surface area contributed by atoms with Crippen molar-refractivity contribution in [1.82, 2.24) is 0 Å². The number of carbonyl (C=O) groups excluding carboxylic acids is 3. The fourth-order valence-corrected chi connectivity index (χ4v) is 5.54. The van der Waals surface area contributed by atoms with E-state index in [-0.39, 0.29) is 12.2 Å². The van der Waals surface area contributed by atoms with Crippen LogP contribution in [0, 0.1) is 11.7 Å². The molecule has 2 unspecified atom stereocenters. The molecule has 182 valence electrons. The highest BCUT2D eigenvalue weighted by atomic mass is 32.1. The van der Waals surface area contributed by atoms with Crippen molar-refractivity contribution in [3.8, 4) is 0 Å². The van der Waals surface area contributed by atoms with Crippen molar-refractivity contribution >= 4 is 34.2 Å². The number of ether oxygens (including phenoxy) is 2. The third kappa shape index (κ3) is 5.43. The molecule has 1 amide bonds. The minimum atomic E-state index is -1.35. The van der Waals surface area contributed by atoms with E-state index in [1.54, 1.807) is 37.3 Å². The molecule has 3 aromatic rings. The standard InChI is InChI=1S/C27H26FNO5S/c1-3-33-27(32)22-19-14-13-16(2)15-21(19)35-25(22)29-24(30)23(17-9-5-4-6-10-17)34-26(31)18-11-7-8-12-20(18)28/h4-12,16,23H,3,13-15H2,1-2H3,(H,29,30). The minimum Gasteiger partial charge on any atom is -0.462 e. The summed E-state index contributed by atoms with van der Waals surface area (Å²) in [4.78, 5) is 40.0. The van der Waals surface area contributed by atoms with Crippen LogP contribution >= 0.6 is 11.3 Å². The van der Waals surface area contributed by atoms with Gasteiger partial charge in [0.15, 0.2) is 0 Å². The fourth-order valence-electron chi connectivity index (χ4n) is 4.13. The van der Waals surface area contributed by atoms with Gasteiger partial charge in [-0.3, -0.25) is 4.79 Å². The maximum absolute atomic E-state index is 14.2. The Kier molecular flexibility index (Phi) is 7.60. The van der Waals surface area contributed by atoms with Crippen LogP contribution in [-0.2, 0) is 27.1 Å². The number of amides is 1. The summed E-state index contributed by atoms with van der Waals surface area (Å²) >= 11 is 1.35. The number of hydrogen-bond donors (Lipinski definition) is 1.